The molecule has 1 aliphatic carbocycles. The van der Waals surface area contributed by atoms with Crippen molar-refractivity contribution < 1.29 is 24.6 Å². The van der Waals surface area contributed by atoms with Crippen molar-refractivity contribution in [3.05, 3.63) is 0 Å². The van der Waals surface area contributed by atoms with E-state index in [4.69, 9.17) is 10.2 Å². The topological polar surface area (TPSA) is 116 Å². The van der Waals surface area contributed by atoms with Gasteiger partial charge < -0.3 is 20.8 Å². The fourth-order valence-electron chi connectivity index (χ4n) is 2.51. The molecule has 0 heterocycles. The molecule has 0 aromatic heterocycles. The molecule has 21 heavy (non-hydrogen) atoms. The van der Waals surface area contributed by atoms with Crippen LogP contribution in [0.2, 0.25) is 0 Å². The first-order valence-corrected chi connectivity index (χ1v) is 7.50. The predicted octanol–water partition coefficient (Wildman–Crippen LogP) is 1.72. The molecule has 0 radical (unpaired) electrons. The molecule has 2 amide bonds. The number of rotatable bonds is 6. The Bertz CT molecular complexity index is 364. The van der Waals surface area contributed by atoms with E-state index < -0.39 is 24.0 Å². The van der Waals surface area contributed by atoms with Crippen LogP contribution in [0.3, 0.4) is 0 Å². The van der Waals surface area contributed by atoms with Crippen molar-refractivity contribution in [2.75, 3.05) is 0 Å². The monoisotopic (exact) mass is 300 g/mol. The van der Waals surface area contributed by atoms with E-state index in [0.29, 0.717) is 0 Å². The van der Waals surface area contributed by atoms with Gasteiger partial charge in [0.2, 0.25) is 0 Å². The Labute approximate surface area is 124 Å². The summed E-state index contributed by atoms with van der Waals surface area (Å²) in [6.45, 7) is 0. The second-order valence-electron chi connectivity index (χ2n) is 5.48. The highest BCUT2D eigenvalue weighted by Crippen LogP contribution is 2.17. The van der Waals surface area contributed by atoms with Crippen LogP contribution in [0.5, 0.6) is 0 Å². The van der Waals surface area contributed by atoms with Crippen molar-refractivity contribution in [2.24, 2.45) is 0 Å². The zero-order chi connectivity index (χ0) is 15.7. The summed E-state index contributed by atoms with van der Waals surface area (Å²) in [5.41, 5.74) is 0. The van der Waals surface area contributed by atoms with E-state index in [9.17, 15) is 14.4 Å². The number of aliphatic carboxylic acids is 2. The second kappa shape index (κ2) is 9.20. The number of hydrogen-bond donors (Lipinski definition) is 4. The first kappa shape index (κ1) is 17.3. The van der Waals surface area contributed by atoms with Gasteiger partial charge in [0.25, 0.3) is 0 Å². The van der Waals surface area contributed by atoms with Gasteiger partial charge in [0.05, 0.1) is 0 Å². The molecule has 1 aliphatic rings. The number of urea groups is 1. The quantitative estimate of drug-likeness (QED) is 0.596. The maximum Gasteiger partial charge on any atom is 0.326 e. The maximum atomic E-state index is 11.8. The van der Waals surface area contributed by atoms with Crippen molar-refractivity contribution in [3.63, 3.8) is 0 Å². The summed E-state index contributed by atoms with van der Waals surface area (Å²) in [7, 11) is 0. The summed E-state index contributed by atoms with van der Waals surface area (Å²) in [6.07, 6.45) is 7.07. The van der Waals surface area contributed by atoms with Crippen LogP contribution in [0.25, 0.3) is 0 Å². The number of hydrogen-bond acceptors (Lipinski definition) is 3. The summed E-state index contributed by atoms with van der Waals surface area (Å²) in [4.78, 5) is 33.3. The average molecular weight is 300 g/mol. The highest BCUT2D eigenvalue weighted by atomic mass is 16.4. The first-order valence-electron chi connectivity index (χ1n) is 7.50. The number of carboxylic acid groups (broad SMARTS) is 2. The van der Waals surface area contributed by atoms with Gasteiger partial charge in [-0.3, -0.25) is 4.79 Å². The Morgan fingerprint density at radius 1 is 1.00 bits per heavy atom. The molecular weight excluding hydrogens is 276 g/mol. The molecule has 0 aromatic carbocycles. The van der Waals surface area contributed by atoms with E-state index in [1.807, 2.05) is 0 Å². The first-order chi connectivity index (χ1) is 9.99. The molecule has 1 rings (SSSR count). The SMILES string of the molecule is O=C(O)CC[C@H](NC(=O)NC1CCCCCCC1)C(=O)O. The molecule has 0 unspecified atom stereocenters. The Kier molecular flexibility index (Phi) is 7.56. The summed E-state index contributed by atoms with van der Waals surface area (Å²) in [6, 6.07) is -1.63. The standard InChI is InChI=1S/C14H24N2O5/c17-12(18)9-8-11(13(19)20)16-14(21)15-10-6-4-2-1-3-5-7-10/h10-11H,1-9H2,(H,17,18)(H,19,20)(H2,15,16,21)/t11-/m0/s1. The van der Waals surface area contributed by atoms with Gasteiger partial charge in [-0.1, -0.05) is 32.1 Å². The van der Waals surface area contributed by atoms with Gasteiger partial charge in [-0.25, -0.2) is 9.59 Å². The van der Waals surface area contributed by atoms with E-state index in [-0.39, 0.29) is 18.9 Å². The molecular formula is C14H24N2O5. The Balaban J connectivity index is 2.40. The smallest absolute Gasteiger partial charge is 0.326 e. The van der Waals surface area contributed by atoms with Gasteiger partial charge in [0.1, 0.15) is 6.04 Å². The lowest BCUT2D eigenvalue weighted by molar-refractivity contribution is -0.140. The van der Waals surface area contributed by atoms with Crippen molar-refractivity contribution in [2.45, 2.75) is 69.9 Å². The van der Waals surface area contributed by atoms with Crippen LogP contribution >= 0.6 is 0 Å². The fourth-order valence-corrected chi connectivity index (χ4v) is 2.51. The molecule has 0 spiro atoms. The van der Waals surface area contributed by atoms with Crippen LogP contribution in [-0.2, 0) is 9.59 Å². The summed E-state index contributed by atoms with van der Waals surface area (Å²) in [5.74, 6) is -2.30. The highest BCUT2D eigenvalue weighted by molar-refractivity contribution is 5.83. The summed E-state index contributed by atoms with van der Waals surface area (Å²) >= 11 is 0. The van der Waals surface area contributed by atoms with Crippen LogP contribution in [0.1, 0.15) is 57.8 Å². The molecule has 120 valence electrons. The second-order valence-corrected chi connectivity index (χ2v) is 5.48. The van der Waals surface area contributed by atoms with Gasteiger partial charge in [-0.05, 0) is 19.3 Å². The third-order valence-electron chi connectivity index (χ3n) is 3.69. The maximum absolute atomic E-state index is 11.8. The van der Waals surface area contributed by atoms with Gasteiger partial charge in [0.15, 0.2) is 0 Å². The van der Waals surface area contributed by atoms with Crippen LogP contribution in [0.4, 0.5) is 4.79 Å². The molecule has 7 heteroatoms. The molecule has 1 atom stereocenters. The van der Waals surface area contributed by atoms with E-state index in [1.165, 1.54) is 6.42 Å². The van der Waals surface area contributed by atoms with Gasteiger partial charge in [-0.15, -0.1) is 0 Å². The number of carboxylic acids is 2. The number of amides is 2. The Hall–Kier alpha value is -1.79. The molecule has 0 aliphatic heterocycles. The zero-order valence-electron chi connectivity index (χ0n) is 12.1. The Morgan fingerprint density at radius 2 is 1.57 bits per heavy atom. The molecule has 1 fully saturated rings. The predicted molar refractivity (Wildman–Crippen MR) is 76.1 cm³/mol. The molecule has 0 saturated heterocycles. The Morgan fingerprint density at radius 3 is 2.10 bits per heavy atom. The van der Waals surface area contributed by atoms with E-state index >= 15 is 0 Å². The number of carbonyl (C=O) groups excluding carboxylic acids is 1. The lowest BCUT2D eigenvalue weighted by Gasteiger charge is -2.22. The van der Waals surface area contributed by atoms with Crippen molar-refractivity contribution in [1.82, 2.24) is 10.6 Å². The van der Waals surface area contributed by atoms with Crippen molar-refractivity contribution in [1.29, 1.82) is 0 Å². The van der Waals surface area contributed by atoms with Crippen molar-refractivity contribution >= 4 is 18.0 Å². The zero-order valence-corrected chi connectivity index (χ0v) is 12.1. The number of nitrogens with one attached hydrogen (secondary N) is 2. The highest BCUT2D eigenvalue weighted by Gasteiger charge is 2.22. The van der Waals surface area contributed by atoms with E-state index in [2.05, 4.69) is 10.6 Å². The van der Waals surface area contributed by atoms with Crippen LogP contribution in [-0.4, -0.2) is 40.3 Å². The minimum absolute atomic E-state index is 0.0687. The molecule has 0 bridgehead atoms. The van der Waals surface area contributed by atoms with E-state index in [0.717, 1.165) is 38.5 Å². The van der Waals surface area contributed by atoms with E-state index in [1.54, 1.807) is 0 Å². The molecule has 4 N–H and O–H groups in total. The van der Waals surface area contributed by atoms with Crippen LogP contribution < -0.4 is 10.6 Å². The number of carbonyl (C=O) groups is 3. The lowest BCUT2D eigenvalue weighted by Crippen LogP contribution is -2.49. The largest absolute Gasteiger partial charge is 0.481 e. The summed E-state index contributed by atoms with van der Waals surface area (Å²) < 4.78 is 0. The van der Waals surface area contributed by atoms with Gasteiger partial charge in [0, 0.05) is 12.5 Å². The third-order valence-corrected chi connectivity index (χ3v) is 3.69. The minimum Gasteiger partial charge on any atom is -0.481 e. The van der Waals surface area contributed by atoms with Gasteiger partial charge in [-0.2, -0.15) is 0 Å². The minimum atomic E-state index is -1.22. The average Bonchev–Trinajstić information content (AvgIpc) is 2.37. The van der Waals surface area contributed by atoms with Crippen LogP contribution in [0.15, 0.2) is 0 Å². The molecule has 1 saturated carbocycles. The molecule has 7 nitrogen and oxygen atoms in total. The van der Waals surface area contributed by atoms with Crippen molar-refractivity contribution in [3.8, 4) is 0 Å². The summed E-state index contributed by atoms with van der Waals surface area (Å²) in [5, 5.41) is 22.7. The normalized spacial score (nSPS) is 18.1. The third kappa shape index (κ3) is 7.53. The fraction of sp³-hybridized carbons (Fsp3) is 0.786. The van der Waals surface area contributed by atoms with Gasteiger partial charge >= 0.3 is 18.0 Å². The molecule has 0 aromatic rings. The lowest BCUT2D eigenvalue weighted by atomic mass is 9.97. The van der Waals surface area contributed by atoms with Crippen LogP contribution in [0, 0.1) is 0 Å².